The van der Waals surface area contributed by atoms with Gasteiger partial charge in [-0.05, 0) is 6.07 Å². The first kappa shape index (κ1) is 4.46. The SMILES string of the molecule is S=[C]c1cc[nH]n1. The predicted octanol–water partition coefficient (Wildman–Crippen LogP) is 0.635. The Morgan fingerprint density at radius 1 is 1.86 bits per heavy atom. The molecule has 0 aliphatic rings. The van der Waals surface area contributed by atoms with Gasteiger partial charge in [0, 0.05) is 6.20 Å². The Bertz CT molecular complexity index is 145. The lowest BCUT2D eigenvalue weighted by Gasteiger charge is -1.66. The van der Waals surface area contributed by atoms with E-state index in [-0.39, 0.29) is 0 Å². The Morgan fingerprint density at radius 3 is 3.00 bits per heavy atom. The molecule has 7 heavy (non-hydrogen) atoms. The highest BCUT2D eigenvalue weighted by Crippen LogP contribution is 1.82. The molecular formula is C4H3N2S. The van der Waals surface area contributed by atoms with Crippen molar-refractivity contribution >= 4 is 17.6 Å². The van der Waals surface area contributed by atoms with Crippen molar-refractivity contribution in [3.05, 3.63) is 18.0 Å². The van der Waals surface area contributed by atoms with Crippen LogP contribution in [0.1, 0.15) is 5.69 Å². The van der Waals surface area contributed by atoms with Crippen molar-refractivity contribution in [1.82, 2.24) is 10.2 Å². The van der Waals surface area contributed by atoms with Crippen LogP contribution in [0.5, 0.6) is 0 Å². The molecule has 0 fully saturated rings. The number of aromatic amines is 1. The van der Waals surface area contributed by atoms with Gasteiger partial charge < -0.3 is 0 Å². The minimum Gasteiger partial charge on any atom is -0.285 e. The summed E-state index contributed by atoms with van der Waals surface area (Å²) in [6, 6.07) is 1.76. The molecule has 1 aromatic heterocycles. The van der Waals surface area contributed by atoms with Crippen LogP contribution >= 0.6 is 12.2 Å². The van der Waals surface area contributed by atoms with Crippen molar-refractivity contribution in [3.63, 3.8) is 0 Å². The molecule has 1 radical (unpaired) electrons. The van der Waals surface area contributed by atoms with Crippen LogP contribution in [0.15, 0.2) is 12.3 Å². The topological polar surface area (TPSA) is 28.7 Å². The first-order valence-electron chi connectivity index (χ1n) is 1.81. The molecule has 0 aliphatic carbocycles. The van der Waals surface area contributed by atoms with Gasteiger partial charge in [-0.1, -0.05) is 12.2 Å². The van der Waals surface area contributed by atoms with Crippen LogP contribution in [0.3, 0.4) is 0 Å². The van der Waals surface area contributed by atoms with Crippen molar-refractivity contribution in [2.24, 2.45) is 0 Å². The van der Waals surface area contributed by atoms with Crippen molar-refractivity contribution in [2.75, 3.05) is 0 Å². The van der Waals surface area contributed by atoms with E-state index in [1.165, 1.54) is 0 Å². The Kier molecular flexibility index (Phi) is 1.17. The molecule has 3 heteroatoms. The van der Waals surface area contributed by atoms with Gasteiger partial charge >= 0.3 is 0 Å². The van der Waals surface area contributed by atoms with Crippen LogP contribution in [0, 0.1) is 0 Å². The van der Waals surface area contributed by atoms with E-state index in [0.717, 1.165) is 0 Å². The van der Waals surface area contributed by atoms with Crippen molar-refractivity contribution in [3.8, 4) is 0 Å². The Morgan fingerprint density at radius 2 is 2.71 bits per heavy atom. The highest BCUT2D eigenvalue weighted by molar-refractivity contribution is 7.79. The summed E-state index contributed by atoms with van der Waals surface area (Å²) in [5.41, 5.74) is 0.690. The summed E-state index contributed by atoms with van der Waals surface area (Å²) >= 11 is 4.44. The molecular weight excluding hydrogens is 108 g/mol. The molecule has 0 bridgehead atoms. The summed E-state index contributed by atoms with van der Waals surface area (Å²) in [4.78, 5) is 0. The molecule has 1 aromatic rings. The zero-order chi connectivity index (χ0) is 5.11. The van der Waals surface area contributed by atoms with Crippen LogP contribution in [0.25, 0.3) is 0 Å². The summed E-state index contributed by atoms with van der Waals surface area (Å²) in [7, 11) is 0. The molecule has 35 valence electrons. The smallest absolute Gasteiger partial charge is 0.104 e. The molecule has 1 N–H and O–H groups in total. The van der Waals surface area contributed by atoms with E-state index >= 15 is 0 Å². The second kappa shape index (κ2) is 1.84. The lowest BCUT2D eigenvalue weighted by molar-refractivity contribution is 1.08. The van der Waals surface area contributed by atoms with Crippen molar-refractivity contribution in [1.29, 1.82) is 0 Å². The zero-order valence-corrected chi connectivity index (χ0v) is 4.33. The number of rotatable bonds is 1. The zero-order valence-electron chi connectivity index (χ0n) is 3.51. The maximum Gasteiger partial charge on any atom is 0.104 e. The Balaban J connectivity index is 2.96. The van der Waals surface area contributed by atoms with Crippen LogP contribution < -0.4 is 0 Å². The quantitative estimate of drug-likeness (QED) is 0.538. The standard InChI is InChI=1S/C4H3N2S/c7-3-4-1-2-5-6-4/h1-2H,(H,5,6). The third-order valence-corrected chi connectivity index (χ3v) is 0.814. The molecule has 0 amide bonds. The summed E-state index contributed by atoms with van der Waals surface area (Å²) in [6.07, 6.45) is 1.70. The summed E-state index contributed by atoms with van der Waals surface area (Å²) in [5, 5.41) is 8.74. The number of nitrogens with one attached hydrogen (secondary N) is 1. The molecule has 0 saturated carbocycles. The van der Waals surface area contributed by atoms with Crippen LogP contribution in [0.4, 0.5) is 0 Å². The number of hydrogen-bond donors (Lipinski definition) is 1. The average Bonchev–Trinajstić information content (AvgIpc) is 2.14. The van der Waals surface area contributed by atoms with E-state index in [2.05, 4.69) is 27.8 Å². The van der Waals surface area contributed by atoms with E-state index in [1.807, 2.05) is 0 Å². The fraction of sp³-hybridized carbons (Fsp3) is 0. The molecule has 1 rings (SSSR count). The van der Waals surface area contributed by atoms with Gasteiger partial charge in [0.05, 0.1) is 5.37 Å². The van der Waals surface area contributed by atoms with Gasteiger partial charge in [-0.25, -0.2) is 0 Å². The van der Waals surface area contributed by atoms with E-state index in [9.17, 15) is 0 Å². The van der Waals surface area contributed by atoms with Crippen molar-refractivity contribution < 1.29 is 0 Å². The number of thiocarbonyl (C=S) groups is 1. The summed E-state index contributed by atoms with van der Waals surface area (Å²) in [5.74, 6) is 0. The second-order valence-corrected chi connectivity index (χ2v) is 1.27. The third-order valence-electron chi connectivity index (χ3n) is 0.605. The largest absolute Gasteiger partial charge is 0.285 e. The van der Waals surface area contributed by atoms with Crippen LogP contribution in [-0.4, -0.2) is 15.6 Å². The number of aromatic nitrogens is 2. The highest BCUT2D eigenvalue weighted by Gasteiger charge is 1.81. The predicted molar refractivity (Wildman–Crippen MR) is 30.3 cm³/mol. The number of H-pyrrole nitrogens is 1. The molecule has 1 heterocycles. The lowest BCUT2D eigenvalue weighted by atomic mass is 10.5. The van der Waals surface area contributed by atoms with Gasteiger partial charge in [0.15, 0.2) is 0 Å². The normalized spacial score (nSPS) is 8.57. The van der Waals surface area contributed by atoms with Gasteiger partial charge in [-0.15, -0.1) is 0 Å². The van der Waals surface area contributed by atoms with Gasteiger partial charge in [0.2, 0.25) is 0 Å². The lowest BCUT2D eigenvalue weighted by Crippen LogP contribution is -1.73. The molecule has 0 unspecified atom stereocenters. The highest BCUT2D eigenvalue weighted by atomic mass is 32.1. The van der Waals surface area contributed by atoms with Crippen LogP contribution in [-0.2, 0) is 0 Å². The first-order valence-corrected chi connectivity index (χ1v) is 2.22. The van der Waals surface area contributed by atoms with Gasteiger partial charge in [0.1, 0.15) is 5.69 Å². The second-order valence-electron chi connectivity index (χ2n) is 1.06. The average molecular weight is 111 g/mol. The fourth-order valence-corrected chi connectivity index (χ4v) is 0.431. The minimum atomic E-state index is 0.690. The first-order chi connectivity index (χ1) is 3.43. The van der Waals surface area contributed by atoms with E-state index in [4.69, 9.17) is 0 Å². The Hall–Kier alpha value is -0.700. The Labute approximate surface area is 46.6 Å². The molecule has 0 saturated heterocycles. The van der Waals surface area contributed by atoms with Crippen LogP contribution in [0.2, 0.25) is 0 Å². The molecule has 0 aliphatic heterocycles. The molecule has 0 aromatic carbocycles. The number of nitrogens with zero attached hydrogens (tertiary/aromatic N) is 1. The summed E-state index contributed by atoms with van der Waals surface area (Å²) < 4.78 is 0. The summed E-state index contributed by atoms with van der Waals surface area (Å²) in [6.45, 7) is 0. The van der Waals surface area contributed by atoms with Gasteiger partial charge in [0.25, 0.3) is 0 Å². The molecule has 2 nitrogen and oxygen atoms in total. The van der Waals surface area contributed by atoms with Gasteiger partial charge in [-0.2, -0.15) is 5.10 Å². The van der Waals surface area contributed by atoms with E-state index < -0.39 is 0 Å². The van der Waals surface area contributed by atoms with E-state index in [0.29, 0.717) is 5.69 Å². The third kappa shape index (κ3) is 0.838. The maximum absolute atomic E-state index is 4.44. The van der Waals surface area contributed by atoms with Crippen molar-refractivity contribution in [2.45, 2.75) is 0 Å². The minimum absolute atomic E-state index is 0.690. The molecule has 0 spiro atoms. The van der Waals surface area contributed by atoms with Gasteiger partial charge in [-0.3, -0.25) is 5.10 Å². The molecule has 0 atom stereocenters. The number of hydrogen-bond acceptors (Lipinski definition) is 2. The van der Waals surface area contributed by atoms with E-state index in [1.54, 1.807) is 12.3 Å². The monoisotopic (exact) mass is 111 g/mol. The maximum atomic E-state index is 4.44. The fourth-order valence-electron chi connectivity index (χ4n) is 0.317.